The molecular formula is C19H26N4OS. The molecule has 1 amide bonds. The fourth-order valence-electron chi connectivity index (χ4n) is 3.18. The zero-order valence-corrected chi connectivity index (χ0v) is 15.8. The van der Waals surface area contributed by atoms with Crippen LogP contribution in [-0.4, -0.2) is 46.5 Å². The summed E-state index contributed by atoms with van der Waals surface area (Å²) in [6.45, 7) is 7.13. The number of rotatable bonds is 6. The van der Waals surface area contributed by atoms with Crippen LogP contribution in [0.4, 0.5) is 0 Å². The normalized spacial score (nSPS) is 16.3. The standard InChI is InChI=1S/C19H26N4OS/c1-14(2)23-10-6-15(7-11-23)18(24)21-9-5-17-13-25-19(22-17)16-4-3-8-20-12-16/h3-4,8,12-15H,5-7,9-11H2,1-2H3,(H,21,24). The summed E-state index contributed by atoms with van der Waals surface area (Å²) in [4.78, 5) is 23.5. The Labute approximate surface area is 153 Å². The van der Waals surface area contributed by atoms with Gasteiger partial charge in [-0.1, -0.05) is 0 Å². The molecule has 5 nitrogen and oxygen atoms in total. The first-order chi connectivity index (χ1) is 12.1. The molecular weight excluding hydrogens is 332 g/mol. The minimum Gasteiger partial charge on any atom is -0.355 e. The van der Waals surface area contributed by atoms with Crippen LogP contribution in [0.1, 0.15) is 32.4 Å². The zero-order chi connectivity index (χ0) is 17.6. The number of hydrogen-bond acceptors (Lipinski definition) is 5. The maximum atomic E-state index is 12.3. The number of nitrogens with one attached hydrogen (secondary N) is 1. The first-order valence-corrected chi connectivity index (χ1v) is 9.88. The average molecular weight is 359 g/mol. The largest absolute Gasteiger partial charge is 0.355 e. The molecule has 2 aromatic rings. The molecule has 1 N–H and O–H groups in total. The molecule has 2 aromatic heterocycles. The number of aromatic nitrogens is 2. The van der Waals surface area contributed by atoms with Gasteiger partial charge in [0.05, 0.1) is 5.69 Å². The van der Waals surface area contributed by atoms with Crippen molar-refractivity contribution in [3.63, 3.8) is 0 Å². The van der Waals surface area contributed by atoms with Crippen molar-refractivity contribution in [1.29, 1.82) is 0 Å². The second-order valence-corrected chi connectivity index (χ2v) is 7.69. The number of likely N-dealkylation sites (tertiary alicyclic amines) is 1. The van der Waals surface area contributed by atoms with E-state index in [-0.39, 0.29) is 11.8 Å². The molecule has 0 unspecified atom stereocenters. The van der Waals surface area contributed by atoms with Crippen LogP contribution in [0.3, 0.4) is 0 Å². The predicted octanol–water partition coefficient (Wildman–Crippen LogP) is 2.98. The summed E-state index contributed by atoms with van der Waals surface area (Å²) in [5.74, 6) is 0.363. The van der Waals surface area contributed by atoms with Crippen molar-refractivity contribution in [2.45, 2.75) is 39.2 Å². The Bertz CT molecular complexity index is 678. The minimum absolute atomic E-state index is 0.163. The summed E-state index contributed by atoms with van der Waals surface area (Å²) in [7, 11) is 0. The lowest BCUT2D eigenvalue weighted by atomic mass is 9.95. The maximum Gasteiger partial charge on any atom is 0.223 e. The Kier molecular flexibility index (Phi) is 6.15. The van der Waals surface area contributed by atoms with E-state index in [1.54, 1.807) is 17.5 Å². The summed E-state index contributed by atoms with van der Waals surface area (Å²) < 4.78 is 0. The van der Waals surface area contributed by atoms with Gasteiger partial charge in [-0.3, -0.25) is 9.78 Å². The van der Waals surface area contributed by atoms with Crippen molar-refractivity contribution < 1.29 is 4.79 Å². The summed E-state index contributed by atoms with van der Waals surface area (Å²) in [6, 6.07) is 4.50. The summed E-state index contributed by atoms with van der Waals surface area (Å²) in [5.41, 5.74) is 2.07. The number of nitrogens with zero attached hydrogens (tertiary/aromatic N) is 3. The fraction of sp³-hybridized carbons (Fsp3) is 0.526. The topological polar surface area (TPSA) is 58.1 Å². The smallest absolute Gasteiger partial charge is 0.223 e. The highest BCUT2D eigenvalue weighted by atomic mass is 32.1. The lowest BCUT2D eigenvalue weighted by molar-refractivity contribution is -0.126. The third-order valence-corrected chi connectivity index (χ3v) is 5.71. The van der Waals surface area contributed by atoms with Crippen LogP contribution >= 0.6 is 11.3 Å². The first kappa shape index (κ1) is 18.0. The number of piperidine rings is 1. The van der Waals surface area contributed by atoms with Crippen LogP contribution in [0.5, 0.6) is 0 Å². The Morgan fingerprint density at radius 3 is 2.88 bits per heavy atom. The molecule has 0 radical (unpaired) electrons. The van der Waals surface area contributed by atoms with E-state index in [0.29, 0.717) is 12.6 Å². The van der Waals surface area contributed by atoms with E-state index in [1.165, 1.54) is 0 Å². The van der Waals surface area contributed by atoms with Crippen LogP contribution in [0.15, 0.2) is 29.9 Å². The van der Waals surface area contributed by atoms with E-state index in [1.807, 2.05) is 18.3 Å². The predicted molar refractivity (Wildman–Crippen MR) is 101 cm³/mol. The molecule has 134 valence electrons. The Balaban J connectivity index is 1.43. The molecule has 3 heterocycles. The van der Waals surface area contributed by atoms with Gasteiger partial charge < -0.3 is 10.2 Å². The van der Waals surface area contributed by atoms with Crippen molar-refractivity contribution in [2.75, 3.05) is 19.6 Å². The lowest BCUT2D eigenvalue weighted by Gasteiger charge is -2.33. The van der Waals surface area contributed by atoms with Crippen molar-refractivity contribution in [2.24, 2.45) is 5.92 Å². The molecule has 1 aliphatic heterocycles. The molecule has 0 bridgehead atoms. The van der Waals surface area contributed by atoms with Gasteiger partial charge in [0.2, 0.25) is 5.91 Å². The Morgan fingerprint density at radius 1 is 1.40 bits per heavy atom. The molecule has 25 heavy (non-hydrogen) atoms. The molecule has 0 saturated carbocycles. The number of thiazole rings is 1. The molecule has 1 aliphatic rings. The Hall–Kier alpha value is -1.79. The van der Waals surface area contributed by atoms with Crippen molar-refractivity contribution in [3.8, 4) is 10.6 Å². The molecule has 3 rings (SSSR count). The quantitative estimate of drug-likeness (QED) is 0.862. The molecule has 0 aromatic carbocycles. The van der Waals surface area contributed by atoms with E-state index >= 15 is 0 Å². The second-order valence-electron chi connectivity index (χ2n) is 6.83. The highest BCUT2D eigenvalue weighted by Gasteiger charge is 2.25. The Morgan fingerprint density at radius 2 is 2.20 bits per heavy atom. The van der Waals surface area contributed by atoms with Gasteiger partial charge in [0, 0.05) is 48.3 Å². The number of carbonyl (C=O) groups is 1. The zero-order valence-electron chi connectivity index (χ0n) is 14.9. The van der Waals surface area contributed by atoms with E-state index in [4.69, 9.17) is 0 Å². The molecule has 0 aliphatic carbocycles. The van der Waals surface area contributed by atoms with Crippen molar-refractivity contribution >= 4 is 17.2 Å². The average Bonchev–Trinajstić information content (AvgIpc) is 3.11. The van der Waals surface area contributed by atoms with Crippen molar-refractivity contribution in [3.05, 3.63) is 35.6 Å². The number of carbonyl (C=O) groups excluding carboxylic acids is 1. The monoisotopic (exact) mass is 358 g/mol. The van der Waals surface area contributed by atoms with Gasteiger partial charge in [-0.25, -0.2) is 4.98 Å². The number of hydrogen-bond donors (Lipinski definition) is 1. The SMILES string of the molecule is CC(C)N1CCC(C(=O)NCCc2csc(-c3cccnc3)n2)CC1. The van der Waals surface area contributed by atoms with Crippen molar-refractivity contribution in [1.82, 2.24) is 20.2 Å². The van der Waals surface area contributed by atoms with Crippen LogP contribution in [0, 0.1) is 5.92 Å². The molecule has 0 atom stereocenters. The van der Waals surface area contributed by atoms with E-state index in [9.17, 15) is 4.79 Å². The van der Waals surface area contributed by atoms with Crippen LogP contribution in [0.25, 0.3) is 10.6 Å². The van der Waals surface area contributed by atoms with Gasteiger partial charge in [0.25, 0.3) is 0 Å². The summed E-state index contributed by atoms with van der Waals surface area (Å²) in [5, 5.41) is 6.14. The molecule has 0 spiro atoms. The first-order valence-electron chi connectivity index (χ1n) is 9.00. The van der Waals surface area contributed by atoms with Gasteiger partial charge in [0.1, 0.15) is 5.01 Å². The molecule has 1 saturated heterocycles. The van der Waals surface area contributed by atoms with Crippen LogP contribution in [0.2, 0.25) is 0 Å². The number of amides is 1. The third-order valence-electron chi connectivity index (χ3n) is 4.77. The minimum atomic E-state index is 0.163. The lowest BCUT2D eigenvalue weighted by Crippen LogP contribution is -2.43. The van der Waals surface area contributed by atoms with Gasteiger partial charge in [-0.05, 0) is 51.9 Å². The van der Waals surface area contributed by atoms with E-state index < -0.39 is 0 Å². The highest BCUT2D eigenvalue weighted by Crippen LogP contribution is 2.23. The van der Waals surface area contributed by atoms with Gasteiger partial charge in [-0.2, -0.15) is 0 Å². The summed E-state index contributed by atoms with van der Waals surface area (Å²) in [6.07, 6.45) is 6.29. The number of pyridine rings is 1. The van der Waals surface area contributed by atoms with Gasteiger partial charge >= 0.3 is 0 Å². The summed E-state index contributed by atoms with van der Waals surface area (Å²) >= 11 is 1.62. The van der Waals surface area contributed by atoms with E-state index in [2.05, 4.69) is 39.4 Å². The maximum absolute atomic E-state index is 12.3. The van der Waals surface area contributed by atoms with Crippen LogP contribution in [-0.2, 0) is 11.2 Å². The van der Waals surface area contributed by atoms with Crippen LogP contribution < -0.4 is 5.32 Å². The molecule has 1 fully saturated rings. The van der Waals surface area contributed by atoms with Gasteiger partial charge in [-0.15, -0.1) is 11.3 Å². The highest BCUT2D eigenvalue weighted by molar-refractivity contribution is 7.13. The van der Waals surface area contributed by atoms with E-state index in [0.717, 1.165) is 48.6 Å². The second kappa shape index (κ2) is 8.54. The third kappa shape index (κ3) is 4.86. The molecule has 6 heteroatoms. The van der Waals surface area contributed by atoms with Gasteiger partial charge in [0.15, 0.2) is 0 Å². The fourth-order valence-corrected chi connectivity index (χ4v) is 4.02.